The summed E-state index contributed by atoms with van der Waals surface area (Å²) in [4.78, 5) is 15.6. The van der Waals surface area contributed by atoms with Crippen molar-refractivity contribution in [3.63, 3.8) is 0 Å². The number of benzene rings is 1. The van der Waals surface area contributed by atoms with E-state index in [1.807, 2.05) is 6.92 Å². The van der Waals surface area contributed by atoms with E-state index in [9.17, 15) is 14.3 Å². The van der Waals surface area contributed by atoms with Crippen molar-refractivity contribution in [2.75, 3.05) is 0 Å². The average Bonchev–Trinajstić information content (AvgIpc) is 2.86. The molecule has 0 bridgehead atoms. The molecule has 21 heavy (non-hydrogen) atoms. The highest BCUT2D eigenvalue weighted by Gasteiger charge is 2.21. The second-order valence-electron chi connectivity index (χ2n) is 4.97. The zero-order chi connectivity index (χ0) is 15.2. The van der Waals surface area contributed by atoms with E-state index in [1.54, 1.807) is 16.8 Å². The molecule has 1 atom stereocenters. The number of carbonyl (C=O) groups is 1. The third kappa shape index (κ3) is 4.11. The van der Waals surface area contributed by atoms with Gasteiger partial charge in [-0.3, -0.25) is 9.48 Å². The molecule has 2 rings (SSSR count). The number of carboxylic acids is 1. The van der Waals surface area contributed by atoms with Gasteiger partial charge in [0.2, 0.25) is 0 Å². The molecule has 1 aromatic heterocycles. The Bertz CT molecular complexity index is 612. The molecule has 0 spiro atoms. The predicted molar refractivity (Wildman–Crippen MR) is 75.2 cm³/mol. The lowest BCUT2D eigenvalue weighted by Gasteiger charge is -2.13. The van der Waals surface area contributed by atoms with E-state index in [4.69, 9.17) is 0 Å². The van der Waals surface area contributed by atoms with Gasteiger partial charge in [0.05, 0.1) is 5.92 Å². The first-order valence-corrected chi connectivity index (χ1v) is 6.94. The summed E-state index contributed by atoms with van der Waals surface area (Å²) in [6, 6.07) is 6.03. The largest absolute Gasteiger partial charge is 0.481 e. The summed E-state index contributed by atoms with van der Waals surface area (Å²) in [5.41, 5.74) is 0.670. The Kier molecular flexibility index (Phi) is 5.03. The minimum Gasteiger partial charge on any atom is -0.481 e. The zero-order valence-electron chi connectivity index (χ0n) is 11.9. The fraction of sp³-hybridized carbons (Fsp3) is 0.400. The van der Waals surface area contributed by atoms with Crippen LogP contribution in [0.4, 0.5) is 4.39 Å². The average molecular weight is 291 g/mol. The molecule has 0 aliphatic carbocycles. The van der Waals surface area contributed by atoms with Crippen LogP contribution in [0, 0.1) is 11.7 Å². The van der Waals surface area contributed by atoms with Gasteiger partial charge in [-0.1, -0.05) is 19.1 Å². The van der Waals surface area contributed by atoms with Gasteiger partial charge >= 0.3 is 5.97 Å². The highest BCUT2D eigenvalue weighted by Crippen LogP contribution is 2.15. The highest BCUT2D eigenvalue weighted by molar-refractivity contribution is 5.70. The maximum Gasteiger partial charge on any atom is 0.307 e. The van der Waals surface area contributed by atoms with E-state index in [1.165, 1.54) is 18.5 Å². The second kappa shape index (κ2) is 6.97. The third-order valence-electron chi connectivity index (χ3n) is 3.28. The number of halogens is 1. The molecule has 6 heteroatoms. The van der Waals surface area contributed by atoms with Crippen molar-refractivity contribution in [2.45, 2.75) is 32.7 Å². The first-order valence-electron chi connectivity index (χ1n) is 6.94. The number of aliphatic carboxylic acids is 1. The number of aryl methyl sites for hydroxylation is 1. The van der Waals surface area contributed by atoms with E-state index >= 15 is 0 Å². The molecule has 0 aliphatic rings. The summed E-state index contributed by atoms with van der Waals surface area (Å²) in [5.74, 6) is -1.26. The van der Waals surface area contributed by atoms with Crippen molar-refractivity contribution in [2.24, 2.45) is 5.92 Å². The number of hydrogen-bond donors (Lipinski definition) is 1. The van der Waals surface area contributed by atoms with Gasteiger partial charge in [-0.2, -0.15) is 5.10 Å². The van der Waals surface area contributed by atoms with Gasteiger partial charge in [0.25, 0.3) is 0 Å². The normalized spacial score (nSPS) is 12.3. The SMILES string of the molecule is CCCn1ncnc1CC(Cc1cccc(F)c1)C(=O)O. The molecule has 1 heterocycles. The molecule has 0 fully saturated rings. The molecular formula is C15H18FN3O2. The van der Waals surface area contributed by atoms with Gasteiger partial charge in [-0.05, 0) is 30.5 Å². The van der Waals surface area contributed by atoms with Crippen molar-refractivity contribution in [1.82, 2.24) is 14.8 Å². The summed E-state index contributed by atoms with van der Waals surface area (Å²) in [6.45, 7) is 2.73. The summed E-state index contributed by atoms with van der Waals surface area (Å²) in [7, 11) is 0. The first-order chi connectivity index (χ1) is 10.1. The minimum atomic E-state index is -0.912. The summed E-state index contributed by atoms with van der Waals surface area (Å²) >= 11 is 0. The van der Waals surface area contributed by atoms with Crippen LogP contribution in [0.25, 0.3) is 0 Å². The zero-order valence-corrected chi connectivity index (χ0v) is 11.9. The van der Waals surface area contributed by atoms with Crippen LogP contribution in [-0.4, -0.2) is 25.8 Å². The van der Waals surface area contributed by atoms with E-state index < -0.39 is 11.9 Å². The van der Waals surface area contributed by atoms with E-state index in [-0.39, 0.29) is 18.7 Å². The van der Waals surface area contributed by atoms with Gasteiger partial charge in [0, 0.05) is 13.0 Å². The molecule has 0 saturated carbocycles. The minimum absolute atomic E-state index is 0.270. The Hall–Kier alpha value is -2.24. The van der Waals surface area contributed by atoms with Crippen molar-refractivity contribution >= 4 is 5.97 Å². The van der Waals surface area contributed by atoms with Crippen LogP contribution in [0.1, 0.15) is 24.7 Å². The maximum absolute atomic E-state index is 13.2. The number of rotatable bonds is 7. The second-order valence-corrected chi connectivity index (χ2v) is 4.97. The summed E-state index contributed by atoms with van der Waals surface area (Å²) < 4.78 is 14.9. The van der Waals surface area contributed by atoms with Crippen LogP contribution in [0.5, 0.6) is 0 Å². The Morgan fingerprint density at radius 2 is 2.24 bits per heavy atom. The molecule has 1 unspecified atom stereocenters. The number of nitrogens with zero attached hydrogens (tertiary/aromatic N) is 3. The van der Waals surface area contributed by atoms with Crippen molar-refractivity contribution in [1.29, 1.82) is 0 Å². The molecule has 1 N–H and O–H groups in total. The van der Waals surface area contributed by atoms with Gasteiger partial charge in [0.1, 0.15) is 18.0 Å². The van der Waals surface area contributed by atoms with E-state index in [0.29, 0.717) is 17.9 Å². The number of aromatic nitrogens is 3. The Morgan fingerprint density at radius 3 is 2.90 bits per heavy atom. The smallest absolute Gasteiger partial charge is 0.307 e. The highest BCUT2D eigenvalue weighted by atomic mass is 19.1. The van der Waals surface area contributed by atoms with Crippen molar-refractivity contribution in [3.05, 3.63) is 47.8 Å². The summed E-state index contributed by atoms with van der Waals surface area (Å²) in [5, 5.41) is 13.5. The standard InChI is InChI=1S/C15H18FN3O2/c1-2-6-19-14(17-10-18-19)9-12(15(20)21)7-11-4-3-5-13(16)8-11/h3-5,8,10,12H,2,6-7,9H2,1H3,(H,20,21). The Balaban J connectivity index is 2.12. The van der Waals surface area contributed by atoms with E-state index in [2.05, 4.69) is 10.1 Å². The van der Waals surface area contributed by atoms with E-state index in [0.717, 1.165) is 6.42 Å². The fourth-order valence-corrected chi connectivity index (χ4v) is 2.26. The van der Waals surface area contributed by atoms with Crippen LogP contribution in [0.3, 0.4) is 0 Å². The topological polar surface area (TPSA) is 68.0 Å². The fourth-order valence-electron chi connectivity index (χ4n) is 2.26. The van der Waals surface area contributed by atoms with Gasteiger partial charge in [-0.15, -0.1) is 0 Å². The third-order valence-corrected chi connectivity index (χ3v) is 3.28. The van der Waals surface area contributed by atoms with Crippen molar-refractivity contribution in [3.8, 4) is 0 Å². The quantitative estimate of drug-likeness (QED) is 0.850. The molecule has 0 aliphatic heterocycles. The molecule has 0 radical (unpaired) electrons. The molecule has 2 aromatic rings. The van der Waals surface area contributed by atoms with Crippen LogP contribution >= 0.6 is 0 Å². The predicted octanol–water partition coefficient (Wildman–Crippen LogP) is 2.31. The molecule has 0 saturated heterocycles. The van der Waals surface area contributed by atoms with Crippen LogP contribution < -0.4 is 0 Å². The van der Waals surface area contributed by atoms with Crippen LogP contribution in [0.2, 0.25) is 0 Å². The molecule has 112 valence electrons. The van der Waals surface area contributed by atoms with Gasteiger partial charge in [-0.25, -0.2) is 9.37 Å². The van der Waals surface area contributed by atoms with Crippen LogP contribution in [-0.2, 0) is 24.2 Å². The Morgan fingerprint density at radius 1 is 1.43 bits per heavy atom. The number of hydrogen-bond acceptors (Lipinski definition) is 3. The summed E-state index contributed by atoms with van der Waals surface area (Å²) in [6.07, 6.45) is 2.89. The molecule has 0 amide bonds. The van der Waals surface area contributed by atoms with Crippen LogP contribution in [0.15, 0.2) is 30.6 Å². The number of carboxylic acid groups (broad SMARTS) is 1. The lowest BCUT2D eigenvalue weighted by molar-refractivity contribution is -0.141. The molecule has 5 nitrogen and oxygen atoms in total. The monoisotopic (exact) mass is 291 g/mol. The Labute approximate surface area is 122 Å². The lowest BCUT2D eigenvalue weighted by Crippen LogP contribution is -2.21. The lowest BCUT2D eigenvalue weighted by atomic mass is 9.96. The van der Waals surface area contributed by atoms with Gasteiger partial charge < -0.3 is 5.11 Å². The first kappa shape index (κ1) is 15.2. The molecular weight excluding hydrogens is 273 g/mol. The van der Waals surface area contributed by atoms with Crippen molar-refractivity contribution < 1.29 is 14.3 Å². The van der Waals surface area contributed by atoms with Gasteiger partial charge in [0.15, 0.2) is 0 Å². The molecule has 1 aromatic carbocycles. The maximum atomic E-state index is 13.2.